The van der Waals surface area contributed by atoms with Gasteiger partial charge in [-0.15, -0.1) is 0 Å². The molecule has 10 fully saturated rings. The predicted molar refractivity (Wildman–Crippen MR) is 193 cm³/mol. The molecule has 10 aliphatic carbocycles. The van der Waals surface area contributed by atoms with Crippen molar-refractivity contribution in [3.8, 4) is 0 Å². The van der Waals surface area contributed by atoms with Crippen molar-refractivity contribution in [1.82, 2.24) is 0 Å². The Morgan fingerprint density at radius 1 is 0.357 bits per heavy atom. The third-order valence-electron chi connectivity index (χ3n) is 11.9. The third kappa shape index (κ3) is 12.1. The van der Waals surface area contributed by atoms with E-state index in [0.717, 1.165) is 17.8 Å². The van der Waals surface area contributed by atoms with Crippen molar-refractivity contribution in [2.45, 2.75) is 199 Å². The lowest BCUT2D eigenvalue weighted by Gasteiger charge is -2.49. The summed E-state index contributed by atoms with van der Waals surface area (Å²) in [6.07, 6.45) is 26.7. The number of hydrogen-bond acceptors (Lipinski definition) is 0. The number of hydrogen-bond donors (Lipinski definition) is 0. The van der Waals surface area contributed by atoms with E-state index in [0.29, 0.717) is 5.41 Å². The maximum atomic E-state index is 2.42. The predicted octanol–water partition coefficient (Wildman–Crippen LogP) is 14.7. The summed E-state index contributed by atoms with van der Waals surface area (Å²) in [6, 6.07) is 0. The Kier molecular flexibility index (Phi) is 19.9. The molecular weight excluding hydrogens is 504 g/mol. The molecule has 10 aliphatic rings. The van der Waals surface area contributed by atoms with E-state index >= 15 is 0 Å². The van der Waals surface area contributed by atoms with Crippen LogP contribution in [-0.4, -0.2) is 0 Å². The maximum Gasteiger partial charge on any atom is -0.0334 e. The fourth-order valence-electron chi connectivity index (χ4n) is 11.3. The van der Waals surface area contributed by atoms with Crippen molar-refractivity contribution >= 4 is 0 Å². The average Bonchev–Trinajstić information content (AvgIpc) is 3.62. The lowest BCUT2D eigenvalue weighted by atomic mass is 9.56. The van der Waals surface area contributed by atoms with Crippen molar-refractivity contribution in [2.24, 2.45) is 70.5 Å². The molecule has 10 rings (SSSR count). The summed E-state index contributed by atoms with van der Waals surface area (Å²) < 4.78 is 0. The van der Waals surface area contributed by atoms with Crippen LogP contribution in [0.2, 0.25) is 0 Å². The van der Waals surface area contributed by atoms with Crippen LogP contribution in [0.25, 0.3) is 0 Å². The first-order valence-corrected chi connectivity index (χ1v) is 20.3. The molecule has 0 heterocycles. The zero-order chi connectivity index (χ0) is 31.9. The minimum atomic E-state index is 0.583. The Balaban J connectivity index is 0.000000271. The molecule has 0 nitrogen and oxygen atoms in total. The second-order valence-electron chi connectivity index (χ2n) is 16.1. The second kappa shape index (κ2) is 20.9. The fraction of sp³-hybridized carbons (Fsp3) is 1.00. The van der Waals surface area contributed by atoms with Gasteiger partial charge in [0.15, 0.2) is 0 Å². The molecule has 42 heavy (non-hydrogen) atoms. The van der Waals surface area contributed by atoms with Crippen LogP contribution in [0.5, 0.6) is 0 Å². The lowest BCUT2D eigenvalue weighted by molar-refractivity contribution is 0.0197. The van der Waals surface area contributed by atoms with Crippen LogP contribution < -0.4 is 0 Å². The molecule has 0 aromatic rings. The summed E-state index contributed by atoms with van der Waals surface area (Å²) in [7, 11) is 0. The van der Waals surface area contributed by atoms with Gasteiger partial charge >= 0.3 is 0 Å². The summed E-state index contributed by atoms with van der Waals surface area (Å²) in [6.45, 7) is 27.5. The molecular formula is C42H84. The number of fused-ring (bicyclic) bond motifs is 2. The van der Waals surface area contributed by atoms with E-state index in [-0.39, 0.29) is 0 Å². The monoisotopic (exact) mass is 589 g/mol. The first-order chi connectivity index (χ1) is 20.3. The van der Waals surface area contributed by atoms with E-state index in [9.17, 15) is 0 Å². The summed E-state index contributed by atoms with van der Waals surface area (Å²) in [4.78, 5) is 0. The van der Waals surface area contributed by atoms with Gasteiger partial charge < -0.3 is 0 Å². The van der Waals surface area contributed by atoms with Gasteiger partial charge in [-0.25, -0.2) is 0 Å². The first-order valence-electron chi connectivity index (χ1n) is 20.3. The highest BCUT2D eigenvalue weighted by Crippen LogP contribution is 2.55. The quantitative estimate of drug-likeness (QED) is 0.264. The normalized spacial score (nSPS) is 39.8. The molecule has 0 saturated heterocycles. The van der Waals surface area contributed by atoms with Gasteiger partial charge in [-0.2, -0.15) is 0 Å². The third-order valence-corrected chi connectivity index (χ3v) is 11.9. The highest BCUT2D eigenvalue weighted by atomic mass is 14.5. The van der Waals surface area contributed by atoms with Gasteiger partial charge in [0.2, 0.25) is 0 Å². The van der Waals surface area contributed by atoms with Crippen LogP contribution in [-0.2, 0) is 0 Å². The molecule has 3 unspecified atom stereocenters. The SMILES string of the molecule is C1C2CC3CC1CC(C2)C3.C1C2CC3CC1CC(C2)C3.CC.CC.CC.CC.CC(C)(C)C1CC2CCC1C2.CCC. The average molecular weight is 589 g/mol. The first kappa shape index (κ1) is 40.0. The molecule has 0 aromatic heterocycles. The van der Waals surface area contributed by atoms with Crippen LogP contribution in [0.15, 0.2) is 0 Å². The van der Waals surface area contributed by atoms with Crippen molar-refractivity contribution in [3.63, 3.8) is 0 Å². The van der Waals surface area contributed by atoms with E-state index in [1.165, 1.54) is 73.0 Å². The van der Waals surface area contributed by atoms with Gasteiger partial charge in [0.05, 0.1) is 0 Å². The van der Waals surface area contributed by atoms with Crippen LogP contribution in [0.3, 0.4) is 0 Å². The standard InChI is InChI=1S/C11H20.2C10H16.C3H8.4C2H6/c1-11(2,3)10-7-8-4-5-9(10)6-8;2*1-7-2-9-4-8(1)5-10(3-7)6-9;1-3-2;4*1-2/h8-10H,4-7H2,1-3H3;2*7-10H,1-6H2;3H2,1-2H3;4*1-2H3. The van der Waals surface area contributed by atoms with E-state index in [1.807, 2.05) is 55.4 Å². The molecule has 0 aliphatic heterocycles. The Hall–Kier alpha value is 0. The van der Waals surface area contributed by atoms with Crippen molar-refractivity contribution in [2.75, 3.05) is 0 Å². The van der Waals surface area contributed by atoms with E-state index < -0.39 is 0 Å². The molecule has 10 bridgehead atoms. The van der Waals surface area contributed by atoms with Crippen molar-refractivity contribution < 1.29 is 0 Å². The molecule has 0 N–H and O–H groups in total. The van der Waals surface area contributed by atoms with Crippen LogP contribution >= 0.6 is 0 Å². The fourth-order valence-corrected chi connectivity index (χ4v) is 11.3. The molecule has 3 atom stereocenters. The molecule has 252 valence electrons. The maximum absolute atomic E-state index is 2.42. The van der Waals surface area contributed by atoms with Gasteiger partial charge in [0, 0.05) is 0 Å². The largest absolute Gasteiger partial charge is 0.0683 e. The smallest absolute Gasteiger partial charge is 0.0334 e. The Morgan fingerprint density at radius 2 is 0.595 bits per heavy atom. The van der Waals surface area contributed by atoms with E-state index in [2.05, 4.69) is 34.6 Å². The van der Waals surface area contributed by atoms with E-state index in [1.54, 1.807) is 83.5 Å². The molecule has 0 amide bonds. The summed E-state index contributed by atoms with van der Waals surface area (Å²) in [5.74, 6) is 12.7. The zero-order valence-electron chi connectivity index (χ0n) is 31.9. The van der Waals surface area contributed by atoms with Crippen LogP contribution in [0.4, 0.5) is 0 Å². The Morgan fingerprint density at radius 3 is 0.714 bits per heavy atom. The molecule has 0 heteroatoms. The Labute approximate surface area is 269 Å². The highest BCUT2D eigenvalue weighted by molar-refractivity contribution is 4.95. The molecule has 10 saturated carbocycles. The molecule has 0 radical (unpaired) electrons. The molecule has 0 aromatic carbocycles. The minimum absolute atomic E-state index is 0.583. The highest BCUT2D eigenvalue weighted by Gasteiger charge is 2.45. The molecule has 0 spiro atoms. The van der Waals surface area contributed by atoms with Crippen molar-refractivity contribution in [3.05, 3.63) is 0 Å². The minimum Gasteiger partial charge on any atom is -0.0683 e. The van der Waals surface area contributed by atoms with Gasteiger partial charge in [0.25, 0.3) is 0 Å². The summed E-state index contributed by atoms with van der Waals surface area (Å²) in [5, 5.41) is 0. The lowest BCUT2D eigenvalue weighted by Crippen LogP contribution is -2.38. The summed E-state index contributed by atoms with van der Waals surface area (Å²) >= 11 is 0. The van der Waals surface area contributed by atoms with Gasteiger partial charge in [-0.3, -0.25) is 0 Å². The van der Waals surface area contributed by atoms with E-state index in [4.69, 9.17) is 0 Å². The Bertz CT molecular complexity index is 488. The van der Waals surface area contributed by atoms with Gasteiger partial charge in [-0.1, -0.05) is 103 Å². The second-order valence-corrected chi connectivity index (χ2v) is 16.1. The topological polar surface area (TPSA) is 0 Å². The van der Waals surface area contributed by atoms with Crippen LogP contribution in [0.1, 0.15) is 199 Å². The number of rotatable bonds is 0. The van der Waals surface area contributed by atoms with Crippen LogP contribution in [0, 0.1) is 70.5 Å². The zero-order valence-corrected chi connectivity index (χ0v) is 31.9. The van der Waals surface area contributed by atoms with Gasteiger partial charge in [0.1, 0.15) is 0 Å². The van der Waals surface area contributed by atoms with Crippen molar-refractivity contribution in [1.29, 1.82) is 0 Å². The van der Waals surface area contributed by atoms with Gasteiger partial charge in [-0.05, 0) is 167 Å². The summed E-state index contributed by atoms with van der Waals surface area (Å²) in [5.41, 5.74) is 0.583.